The monoisotopic (exact) mass is 236 g/mol. The van der Waals surface area contributed by atoms with Crippen LogP contribution in [-0.2, 0) is 6.42 Å². The minimum absolute atomic E-state index is 1.13. The van der Waals surface area contributed by atoms with Gasteiger partial charge < -0.3 is 9.80 Å². The van der Waals surface area contributed by atoms with Crippen molar-refractivity contribution >= 4 is 0 Å². The van der Waals surface area contributed by atoms with Crippen molar-refractivity contribution in [3.05, 3.63) is 35.9 Å². The summed E-state index contributed by atoms with van der Waals surface area (Å²) in [6.07, 6.45) is 1.14. The van der Waals surface area contributed by atoms with Gasteiger partial charge in [-0.3, -0.25) is 0 Å². The van der Waals surface area contributed by atoms with Gasteiger partial charge in [-0.25, -0.2) is 0 Å². The molecular weight excluding hydrogens is 208 g/mol. The molecule has 2 nitrogen and oxygen atoms in total. The number of nitrogens with zero attached hydrogens (tertiary/aromatic N) is 2. The van der Waals surface area contributed by atoms with E-state index in [1.807, 2.05) is 13.8 Å². The van der Waals surface area contributed by atoms with Crippen LogP contribution in [0.1, 0.15) is 19.4 Å². The highest BCUT2D eigenvalue weighted by molar-refractivity contribution is 5.14. The molecule has 1 rings (SSSR count). The first-order valence-electron chi connectivity index (χ1n) is 6.55. The molecule has 0 radical (unpaired) electrons. The molecule has 0 bridgehead atoms. The molecule has 0 heterocycles. The quantitative estimate of drug-likeness (QED) is 0.749. The molecule has 0 saturated carbocycles. The second kappa shape index (κ2) is 10.3. The summed E-state index contributed by atoms with van der Waals surface area (Å²) in [4.78, 5) is 4.60. The lowest BCUT2D eigenvalue weighted by Gasteiger charge is -2.19. The molecule has 0 unspecified atom stereocenters. The van der Waals surface area contributed by atoms with Gasteiger partial charge in [-0.15, -0.1) is 0 Å². The SMILES string of the molecule is CC.CN(C)CCN(C)CCc1ccccc1. The zero-order chi connectivity index (χ0) is 13.1. The van der Waals surface area contributed by atoms with Crippen molar-refractivity contribution < 1.29 is 0 Å². The molecule has 0 aliphatic rings. The van der Waals surface area contributed by atoms with Crippen molar-refractivity contribution in [1.82, 2.24) is 9.80 Å². The van der Waals surface area contributed by atoms with Gasteiger partial charge in [-0.2, -0.15) is 0 Å². The molecule has 0 aromatic heterocycles. The molecule has 0 N–H and O–H groups in total. The maximum absolute atomic E-state index is 2.38. The van der Waals surface area contributed by atoms with Gasteiger partial charge in [0.2, 0.25) is 0 Å². The van der Waals surface area contributed by atoms with E-state index in [4.69, 9.17) is 0 Å². The van der Waals surface area contributed by atoms with E-state index in [0.717, 1.165) is 26.1 Å². The van der Waals surface area contributed by atoms with Crippen LogP contribution in [0, 0.1) is 0 Å². The summed E-state index contributed by atoms with van der Waals surface area (Å²) in [6.45, 7) is 7.41. The maximum atomic E-state index is 2.38. The van der Waals surface area contributed by atoms with Crippen LogP contribution in [0.2, 0.25) is 0 Å². The number of likely N-dealkylation sites (N-methyl/N-ethyl adjacent to an activating group) is 2. The van der Waals surface area contributed by atoms with Crippen molar-refractivity contribution in [3.63, 3.8) is 0 Å². The Morgan fingerprint density at radius 2 is 1.41 bits per heavy atom. The Balaban J connectivity index is 0.00000121. The van der Waals surface area contributed by atoms with Gasteiger partial charge in [0.25, 0.3) is 0 Å². The van der Waals surface area contributed by atoms with E-state index in [1.54, 1.807) is 0 Å². The highest BCUT2D eigenvalue weighted by Gasteiger charge is 1.99. The minimum atomic E-state index is 1.13. The first-order chi connectivity index (χ1) is 8.18. The van der Waals surface area contributed by atoms with Gasteiger partial charge in [-0.05, 0) is 33.1 Å². The molecule has 0 amide bonds. The van der Waals surface area contributed by atoms with Crippen molar-refractivity contribution in [1.29, 1.82) is 0 Å². The summed E-state index contributed by atoms with van der Waals surface area (Å²) in [6, 6.07) is 10.7. The van der Waals surface area contributed by atoms with Crippen LogP contribution >= 0.6 is 0 Å². The Morgan fingerprint density at radius 3 is 1.94 bits per heavy atom. The molecule has 0 aliphatic heterocycles. The van der Waals surface area contributed by atoms with Crippen molar-refractivity contribution in [2.45, 2.75) is 20.3 Å². The molecule has 98 valence electrons. The van der Waals surface area contributed by atoms with E-state index < -0.39 is 0 Å². The van der Waals surface area contributed by atoms with Gasteiger partial charge in [0, 0.05) is 19.6 Å². The largest absolute Gasteiger partial charge is 0.308 e. The van der Waals surface area contributed by atoms with E-state index in [0.29, 0.717) is 0 Å². The molecule has 2 heteroatoms. The zero-order valence-corrected chi connectivity index (χ0v) is 12.1. The van der Waals surface area contributed by atoms with Gasteiger partial charge in [0.1, 0.15) is 0 Å². The summed E-state index contributed by atoms with van der Waals surface area (Å²) in [5.41, 5.74) is 1.43. The molecular formula is C15H28N2. The van der Waals surface area contributed by atoms with Crippen LogP contribution in [0.15, 0.2) is 30.3 Å². The van der Waals surface area contributed by atoms with E-state index >= 15 is 0 Å². The van der Waals surface area contributed by atoms with E-state index in [9.17, 15) is 0 Å². The highest BCUT2D eigenvalue weighted by atomic mass is 15.1. The Bertz CT molecular complexity index is 257. The van der Waals surface area contributed by atoms with E-state index in [1.165, 1.54) is 5.56 Å². The first kappa shape index (κ1) is 16.1. The van der Waals surface area contributed by atoms with Crippen LogP contribution in [0.5, 0.6) is 0 Å². The zero-order valence-electron chi connectivity index (χ0n) is 12.1. The fourth-order valence-corrected chi connectivity index (χ4v) is 1.45. The molecule has 0 atom stereocenters. The fraction of sp³-hybridized carbons (Fsp3) is 0.600. The van der Waals surface area contributed by atoms with Gasteiger partial charge in [-0.1, -0.05) is 44.2 Å². The number of rotatable bonds is 6. The second-order valence-corrected chi connectivity index (χ2v) is 4.34. The Morgan fingerprint density at radius 1 is 0.824 bits per heavy atom. The topological polar surface area (TPSA) is 6.48 Å². The summed E-state index contributed by atoms with van der Waals surface area (Å²) in [5.74, 6) is 0. The fourth-order valence-electron chi connectivity index (χ4n) is 1.45. The summed E-state index contributed by atoms with van der Waals surface area (Å²) < 4.78 is 0. The Labute approximate surface area is 107 Å². The Hall–Kier alpha value is -0.860. The summed E-state index contributed by atoms with van der Waals surface area (Å²) in [5, 5.41) is 0. The predicted octanol–water partition coefficient (Wildman–Crippen LogP) is 2.75. The molecule has 0 aliphatic carbocycles. The van der Waals surface area contributed by atoms with E-state index in [-0.39, 0.29) is 0 Å². The van der Waals surface area contributed by atoms with Crippen molar-refractivity contribution in [2.75, 3.05) is 40.8 Å². The molecule has 17 heavy (non-hydrogen) atoms. The van der Waals surface area contributed by atoms with Crippen LogP contribution < -0.4 is 0 Å². The lowest BCUT2D eigenvalue weighted by molar-refractivity contribution is 0.284. The van der Waals surface area contributed by atoms with Gasteiger partial charge in [0.05, 0.1) is 0 Å². The lowest BCUT2D eigenvalue weighted by atomic mass is 10.1. The normalized spacial score (nSPS) is 10.3. The van der Waals surface area contributed by atoms with Crippen LogP contribution in [-0.4, -0.2) is 50.6 Å². The van der Waals surface area contributed by atoms with Crippen molar-refractivity contribution in [3.8, 4) is 0 Å². The predicted molar refractivity (Wildman–Crippen MR) is 77.5 cm³/mol. The third-order valence-electron chi connectivity index (χ3n) is 2.55. The standard InChI is InChI=1S/C13H22N2.C2H6/c1-14(2)11-12-15(3)10-9-13-7-5-4-6-8-13;1-2/h4-8H,9-12H2,1-3H3;1-2H3. The molecule has 0 spiro atoms. The average molecular weight is 236 g/mol. The molecule has 0 fully saturated rings. The maximum Gasteiger partial charge on any atom is 0.0106 e. The number of hydrogen-bond acceptors (Lipinski definition) is 2. The highest BCUT2D eigenvalue weighted by Crippen LogP contribution is 2.00. The van der Waals surface area contributed by atoms with E-state index in [2.05, 4.69) is 61.3 Å². The average Bonchev–Trinajstić information content (AvgIpc) is 2.37. The minimum Gasteiger partial charge on any atom is -0.308 e. The third-order valence-corrected chi connectivity index (χ3v) is 2.55. The first-order valence-corrected chi connectivity index (χ1v) is 6.55. The van der Waals surface area contributed by atoms with Gasteiger partial charge >= 0.3 is 0 Å². The van der Waals surface area contributed by atoms with Crippen LogP contribution in [0.3, 0.4) is 0 Å². The van der Waals surface area contributed by atoms with Gasteiger partial charge in [0.15, 0.2) is 0 Å². The molecule has 0 saturated heterocycles. The van der Waals surface area contributed by atoms with Crippen LogP contribution in [0.25, 0.3) is 0 Å². The molecule has 1 aromatic rings. The smallest absolute Gasteiger partial charge is 0.0106 e. The number of hydrogen-bond donors (Lipinski definition) is 0. The number of benzene rings is 1. The second-order valence-electron chi connectivity index (χ2n) is 4.34. The molecule has 1 aromatic carbocycles. The van der Waals surface area contributed by atoms with Crippen LogP contribution in [0.4, 0.5) is 0 Å². The summed E-state index contributed by atoms with van der Waals surface area (Å²) >= 11 is 0. The lowest BCUT2D eigenvalue weighted by Crippen LogP contribution is -2.30. The Kier molecular flexibility index (Phi) is 9.78. The van der Waals surface area contributed by atoms with Crippen molar-refractivity contribution in [2.24, 2.45) is 0 Å². The third kappa shape index (κ3) is 8.90. The summed E-state index contributed by atoms with van der Waals surface area (Å²) in [7, 11) is 6.42.